The molecule has 3 aromatic rings. The van der Waals surface area contributed by atoms with Gasteiger partial charge in [-0.1, -0.05) is 42.5 Å². The lowest BCUT2D eigenvalue weighted by molar-refractivity contribution is -0.387. The summed E-state index contributed by atoms with van der Waals surface area (Å²) in [5, 5.41) is 20.6. The van der Waals surface area contributed by atoms with Crippen molar-refractivity contribution in [2.24, 2.45) is 0 Å². The highest BCUT2D eigenvalue weighted by atomic mass is 32.2. The highest BCUT2D eigenvalue weighted by Gasteiger charge is 2.31. The lowest BCUT2D eigenvalue weighted by Crippen LogP contribution is -2.31. The third-order valence-corrected chi connectivity index (χ3v) is 6.15. The van der Waals surface area contributed by atoms with Crippen LogP contribution in [0.2, 0.25) is 0 Å². The Labute approximate surface area is 168 Å². The van der Waals surface area contributed by atoms with E-state index in [-0.39, 0.29) is 24.6 Å². The normalized spacial score (nSPS) is 11.5. The Morgan fingerprint density at radius 3 is 2.21 bits per heavy atom. The van der Waals surface area contributed by atoms with Gasteiger partial charge in [0.05, 0.1) is 23.8 Å². The molecule has 0 saturated carbocycles. The van der Waals surface area contributed by atoms with Gasteiger partial charge in [0.1, 0.15) is 0 Å². The third kappa shape index (κ3) is 4.83. The van der Waals surface area contributed by atoms with E-state index in [1.54, 1.807) is 48.7 Å². The summed E-state index contributed by atoms with van der Waals surface area (Å²) in [6.45, 7) is -0.167. The smallest absolute Gasteiger partial charge is 0.289 e. The first-order valence-corrected chi connectivity index (χ1v) is 10.2. The van der Waals surface area contributed by atoms with Crippen LogP contribution < -0.4 is 0 Å². The average molecular weight is 413 g/mol. The SMILES string of the molecule is O=[N+]([O-])c1ccccc1S(=O)(=O)N(Cc1ccc(CO)cc1)Cc1ccccn1. The van der Waals surface area contributed by atoms with E-state index in [1.807, 2.05) is 0 Å². The van der Waals surface area contributed by atoms with Crippen molar-refractivity contribution in [2.45, 2.75) is 24.6 Å². The Balaban J connectivity index is 2.02. The van der Waals surface area contributed by atoms with Crippen LogP contribution in [-0.4, -0.2) is 27.7 Å². The minimum absolute atomic E-state index is 0.00331. The molecule has 0 amide bonds. The van der Waals surface area contributed by atoms with Gasteiger partial charge in [-0.15, -0.1) is 0 Å². The summed E-state index contributed by atoms with van der Waals surface area (Å²) in [6, 6.07) is 17.3. The predicted octanol–water partition coefficient (Wildman–Crippen LogP) is 2.87. The standard InChI is InChI=1S/C20H19N3O5S/c24-15-17-10-8-16(9-11-17)13-22(14-18-5-3-4-12-21-18)29(27,28)20-7-2-1-6-19(20)23(25)26/h1-12,24H,13-15H2. The number of nitrogens with zero attached hydrogens (tertiary/aromatic N) is 3. The minimum Gasteiger partial charge on any atom is -0.392 e. The number of nitro groups is 1. The second-order valence-corrected chi connectivity index (χ2v) is 8.20. The van der Waals surface area contributed by atoms with Crippen molar-refractivity contribution in [3.8, 4) is 0 Å². The maximum absolute atomic E-state index is 13.3. The van der Waals surface area contributed by atoms with Crippen LogP contribution in [0.5, 0.6) is 0 Å². The molecule has 150 valence electrons. The molecule has 0 spiro atoms. The molecule has 0 aliphatic heterocycles. The molecule has 1 aromatic heterocycles. The molecule has 0 unspecified atom stereocenters. The third-order valence-electron chi connectivity index (χ3n) is 4.31. The summed E-state index contributed by atoms with van der Waals surface area (Å²) in [6.07, 6.45) is 1.56. The fourth-order valence-corrected chi connectivity index (χ4v) is 4.37. The first kappa shape index (κ1) is 20.6. The Morgan fingerprint density at radius 1 is 0.931 bits per heavy atom. The first-order chi connectivity index (χ1) is 13.9. The van der Waals surface area contributed by atoms with Gasteiger partial charge in [-0.2, -0.15) is 4.31 Å². The first-order valence-electron chi connectivity index (χ1n) is 8.74. The summed E-state index contributed by atoms with van der Waals surface area (Å²) in [7, 11) is -4.19. The summed E-state index contributed by atoms with van der Waals surface area (Å²) in [4.78, 5) is 14.5. The molecular weight excluding hydrogens is 394 g/mol. The largest absolute Gasteiger partial charge is 0.392 e. The van der Waals surface area contributed by atoms with Gasteiger partial charge < -0.3 is 5.11 Å². The van der Waals surface area contributed by atoms with Gasteiger partial charge in [-0.05, 0) is 29.3 Å². The fraction of sp³-hybridized carbons (Fsp3) is 0.150. The summed E-state index contributed by atoms with van der Waals surface area (Å²) in [5.74, 6) is 0. The minimum atomic E-state index is -4.19. The maximum Gasteiger partial charge on any atom is 0.289 e. The van der Waals surface area contributed by atoms with Crippen LogP contribution in [0.4, 0.5) is 5.69 Å². The molecule has 0 aliphatic carbocycles. The van der Waals surface area contributed by atoms with Gasteiger partial charge in [0, 0.05) is 18.8 Å². The van der Waals surface area contributed by atoms with Gasteiger partial charge in [0.2, 0.25) is 0 Å². The van der Waals surface area contributed by atoms with Crippen molar-refractivity contribution in [1.29, 1.82) is 0 Å². The number of aromatic nitrogens is 1. The van der Waals surface area contributed by atoms with Gasteiger partial charge in [-0.3, -0.25) is 15.1 Å². The molecule has 1 N–H and O–H groups in total. The molecule has 9 heteroatoms. The lowest BCUT2D eigenvalue weighted by Gasteiger charge is -2.22. The number of sulfonamides is 1. The van der Waals surface area contributed by atoms with Crippen molar-refractivity contribution < 1.29 is 18.4 Å². The molecule has 0 aliphatic rings. The Bertz CT molecular complexity index is 1090. The van der Waals surface area contributed by atoms with Crippen LogP contribution in [0.1, 0.15) is 16.8 Å². The van der Waals surface area contributed by atoms with Crippen molar-refractivity contribution in [3.63, 3.8) is 0 Å². The molecule has 8 nitrogen and oxygen atoms in total. The van der Waals surface area contributed by atoms with Gasteiger partial charge in [-0.25, -0.2) is 8.42 Å². The number of rotatable bonds is 8. The Hall–Kier alpha value is -3.14. The van der Waals surface area contributed by atoms with Crippen LogP contribution >= 0.6 is 0 Å². The number of hydrogen-bond donors (Lipinski definition) is 1. The van der Waals surface area contributed by atoms with E-state index in [1.165, 1.54) is 24.3 Å². The van der Waals surface area contributed by atoms with Crippen LogP contribution in [0.25, 0.3) is 0 Å². The number of benzene rings is 2. The highest BCUT2D eigenvalue weighted by molar-refractivity contribution is 7.89. The van der Waals surface area contributed by atoms with Crippen molar-refractivity contribution in [3.05, 3.63) is 99.9 Å². The predicted molar refractivity (Wildman–Crippen MR) is 106 cm³/mol. The van der Waals surface area contributed by atoms with Crippen LogP contribution in [0.3, 0.4) is 0 Å². The van der Waals surface area contributed by atoms with E-state index in [2.05, 4.69) is 4.98 Å². The van der Waals surface area contributed by atoms with Gasteiger partial charge in [0.25, 0.3) is 15.7 Å². The molecule has 0 bridgehead atoms. The number of aliphatic hydroxyl groups excluding tert-OH is 1. The van der Waals surface area contributed by atoms with E-state index in [4.69, 9.17) is 0 Å². The van der Waals surface area contributed by atoms with E-state index < -0.39 is 20.6 Å². The summed E-state index contributed by atoms with van der Waals surface area (Å²) < 4.78 is 27.8. The molecule has 3 rings (SSSR count). The van der Waals surface area contributed by atoms with Crippen molar-refractivity contribution in [1.82, 2.24) is 9.29 Å². The average Bonchev–Trinajstić information content (AvgIpc) is 2.74. The van der Waals surface area contributed by atoms with Gasteiger partial charge >= 0.3 is 0 Å². The Morgan fingerprint density at radius 2 is 1.59 bits per heavy atom. The summed E-state index contributed by atoms with van der Waals surface area (Å²) >= 11 is 0. The molecule has 2 aromatic carbocycles. The number of pyridine rings is 1. The molecule has 29 heavy (non-hydrogen) atoms. The second kappa shape index (κ2) is 8.91. The van der Waals surface area contributed by atoms with E-state index in [0.29, 0.717) is 16.8 Å². The zero-order chi connectivity index (χ0) is 20.9. The molecule has 1 heterocycles. The van der Waals surface area contributed by atoms with Crippen molar-refractivity contribution >= 4 is 15.7 Å². The topological polar surface area (TPSA) is 114 Å². The number of aliphatic hydroxyl groups is 1. The number of para-hydroxylation sites is 1. The molecule has 0 radical (unpaired) electrons. The second-order valence-electron chi connectivity index (χ2n) is 6.29. The fourth-order valence-electron chi connectivity index (χ4n) is 2.82. The van der Waals surface area contributed by atoms with E-state index in [9.17, 15) is 23.6 Å². The molecular formula is C20H19N3O5S. The highest BCUT2D eigenvalue weighted by Crippen LogP contribution is 2.28. The van der Waals surface area contributed by atoms with Gasteiger partial charge in [0.15, 0.2) is 4.90 Å². The van der Waals surface area contributed by atoms with Crippen LogP contribution in [-0.2, 0) is 29.7 Å². The monoisotopic (exact) mass is 413 g/mol. The molecule has 0 fully saturated rings. The molecule has 0 atom stereocenters. The maximum atomic E-state index is 13.3. The van der Waals surface area contributed by atoms with Crippen LogP contribution in [0.15, 0.2) is 77.8 Å². The quantitative estimate of drug-likeness (QED) is 0.449. The summed E-state index contributed by atoms with van der Waals surface area (Å²) in [5.41, 5.74) is 1.42. The molecule has 0 saturated heterocycles. The van der Waals surface area contributed by atoms with Crippen LogP contribution in [0, 0.1) is 10.1 Å². The zero-order valence-corrected chi connectivity index (χ0v) is 16.2. The number of nitro benzene ring substituents is 1. The number of hydrogen-bond acceptors (Lipinski definition) is 6. The van der Waals surface area contributed by atoms with E-state index in [0.717, 1.165) is 4.31 Å². The Kier molecular flexibility index (Phi) is 6.32. The van der Waals surface area contributed by atoms with Crippen molar-refractivity contribution in [2.75, 3.05) is 0 Å². The van der Waals surface area contributed by atoms with E-state index >= 15 is 0 Å². The lowest BCUT2D eigenvalue weighted by atomic mass is 10.1. The zero-order valence-electron chi connectivity index (χ0n) is 15.4.